The molecule has 0 unspecified atom stereocenters. The van der Waals surface area contributed by atoms with Gasteiger partial charge in [-0.2, -0.15) is 4.72 Å². The summed E-state index contributed by atoms with van der Waals surface area (Å²) in [6.07, 6.45) is 0.359. The zero-order valence-electron chi connectivity index (χ0n) is 16.4. The summed E-state index contributed by atoms with van der Waals surface area (Å²) in [4.78, 5) is 12.8. The van der Waals surface area contributed by atoms with Crippen molar-refractivity contribution in [2.45, 2.75) is 31.2 Å². The van der Waals surface area contributed by atoms with Crippen LogP contribution < -0.4 is 19.5 Å². The molecule has 0 bridgehead atoms. The maximum absolute atomic E-state index is 12.7. The Morgan fingerprint density at radius 3 is 1.89 bits per heavy atom. The number of nitrogens with one attached hydrogen (secondary N) is 2. The summed E-state index contributed by atoms with van der Waals surface area (Å²) in [5, 5.41) is 2.75. The minimum absolute atomic E-state index is 0.0688. The molecule has 2 N–H and O–H groups in total. The Bertz CT molecular complexity index is 878. The average molecular weight is 407 g/mol. The minimum Gasteiger partial charge on any atom is -0.497 e. The van der Waals surface area contributed by atoms with Gasteiger partial charge in [-0.1, -0.05) is 13.8 Å². The number of benzene rings is 2. The second-order valence-electron chi connectivity index (χ2n) is 6.70. The fraction of sp³-hybridized carbons (Fsp3) is 0.350. The van der Waals surface area contributed by atoms with Crippen LogP contribution in [0.1, 0.15) is 20.3 Å². The molecule has 2 rings (SSSR count). The molecule has 0 saturated carbocycles. The van der Waals surface area contributed by atoms with E-state index >= 15 is 0 Å². The monoisotopic (exact) mass is 406 g/mol. The summed E-state index contributed by atoms with van der Waals surface area (Å²) >= 11 is 0. The molecule has 0 radical (unpaired) electrons. The van der Waals surface area contributed by atoms with Gasteiger partial charge in [0.25, 0.3) is 0 Å². The van der Waals surface area contributed by atoms with Crippen LogP contribution in [0.3, 0.4) is 0 Å². The smallest absolute Gasteiger partial charge is 0.242 e. The van der Waals surface area contributed by atoms with Crippen molar-refractivity contribution in [2.24, 2.45) is 5.92 Å². The van der Waals surface area contributed by atoms with Crippen LogP contribution in [0, 0.1) is 5.92 Å². The topological polar surface area (TPSA) is 93.7 Å². The molecule has 0 aromatic heterocycles. The van der Waals surface area contributed by atoms with Crippen molar-refractivity contribution >= 4 is 21.6 Å². The lowest BCUT2D eigenvalue weighted by molar-refractivity contribution is -0.118. The summed E-state index contributed by atoms with van der Waals surface area (Å²) in [5.74, 6) is 0.910. The second-order valence-corrected chi connectivity index (χ2v) is 8.41. The number of hydrogen-bond donors (Lipinski definition) is 2. The van der Waals surface area contributed by atoms with Gasteiger partial charge in [-0.05, 0) is 60.9 Å². The van der Waals surface area contributed by atoms with Gasteiger partial charge in [0.15, 0.2) is 0 Å². The molecule has 2 aromatic rings. The lowest BCUT2D eigenvalue weighted by Gasteiger charge is -2.20. The predicted octanol–water partition coefficient (Wildman–Crippen LogP) is 3.04. The maximum Gasteiger partial charge on any atom is 0.242 e. The third-order valence-corrected chi connectivity index (χ3v) is 5.54. The number of anilines is 1. The average Bonchev–Trinajstić information content (AvgIpc) is 2.67. The second kappa shape index (κ2) is 9.57. The molecule has 0 saturated heterocycles. The molecule has 0 aliphatic carbocycles. The molecule has 0 heterocycles. The molecule has 0 aliphatic rings. The van der Waals surface area contributed by atoms with Gasteiger partial charge in [-0.25, -0.2) is 8.42 Å². The third kappa shape index (κ3) is 5.97. The highest BCUT2D eigenvalue weighted by Gasteiger charge is 2.26. The van der Waals surface area contributed by atoms with Gasteiger partial charge >= 0.3 is 0 Å². The summed E-state index contributed by atoms with van der Waals surface area (Å²) < 4.78 is 38.1. The van der Waals surface area contributed by atoms with E-state index in [4.69, 9.17) is 9.47 Å². The number of sulfonamides is 1. The number of carbonyl (C=O) groups is 1. The highest BCUT2D eigenvalue weighted by atomic mass is 32.2. The van der Waals surface area contributed by atoms with Crippen molar-refractivity contribution in [3.63, 3.8) is 0 Å². The molecule has 1 amide bonds. The molecular weight excluding hydrogens is 380 g/mol. The van der Waals surface area contributed by atoms with E-state index in [1.165, 1.54) is 19.2 Å². The number of rotatable bonds is 9. The summed E-state index contributed by atoms with van der Waals surface area (Å²) in [7, 11) is -0.805. The molecule has 28 heavy (non-hydrogen) atoms. The Morgan fingerprint density at radius 1 is 0.929 bits per heavy atom. The van der Waals surface area contributed by atoms with Crippen molar-refractivity contribution in [2.75, 3.05) is 19.5 Å². The number of ether oxygens (including phenoxy) is 2. The molecule has 1 atom stereocenters. The predicted molar refractivity (Wildman–Crippen MR) is 108 cm³/mol. The number of amides is 1. The van der Waals surface area contributed by atoms with Gasteiger partial charge in [0.2, 0.25) is 15.9 Å². The van der Waals surface area contributed by atoms with E-state index in [2.05, 4.69) is 10.0 Å². The van der Waals surface area contributed by atoms with Crippen molar-refractivity contribution in [3.8, 4) is 11.5 Å². The van der Waals surface area contributed by atoms with Crippen LogP contribution in [0.4, 0.5) is 5.69 Å². The Labute approximate surface area is 166 Å². The van der Waals surface area contributed by atoms with Crippen LogP contribution in [-0.4, -0.2) is 34.6 Å². The standard InChI is InChI=1S/C20H26N2O5S/c1-14(2)13-19(20(23)21-15-5-7-16(26-3)8-6-15)22-28(24,25)18-11-9-17(27-4)10-12-18/h5-12,14,19,22H,13H2,1-4H3,(H,21,23)/t19-/m0/s1. The van der Waals surface area contributed by atoms with Crippen molar-refractivity contribution in [3.05, 3.63) is 48.5 Å². The van der Waals surface area contributed by atoms with Gasteiger partial charge in [0.1, 0.15) is 17.5 Å². The van der Waals surface area contributed by atoms with Crippen molar-refractivity contribution in [1.29, 1.82) is 0 Å². The van der Waals surface area contributed by atoms with E-state index in [0.29, 0.717) is 23.6 Å². The van der Waals surface area contributed by atoms with Crippen LogP contribution in [0.2, 0.25) is 0 Å². The van der Waals surface area contributed by atoms with E-state index in [-0.39, 0.29) is 10.8 Å². The van der Waals surface area contributed by atoms with Crippen LogP contribution >= 0.6 is 0 Å². The number of methoxy groups -OCH3 is 2. The molecule has 0 aliphatic heterocycles. The fourth-order valence-electron chi connectivity index (χ4n) is 2.59. The largest absolute Gasteiger partial charge is 0.497 e. The van der Waals surface area contributed by atoms with Gasteiger partial charge < -0.3 is 14.8 Å². The number of hydrogen-bond acceptors (Lipinski definition) is 5. The van der Waals surface area contributed by atoms with E-state index in [0.717, 1.165) is 0 Å². The molecule has 7 nitrogen and oxygen atoms in total. The molecular formula is C20H26N2O5S. The Hall–Kier alpha value is -2.58. The van der Waals surface area contributed by atoms with Gasteiger partial charge in [0.05, 0.1) is 19.1 Å². The summed E-state index contributed by atoms with van der Waals surface area (Å²) in [6, 6.07) is 11.9. The molecule has 152 valence electrons. The highest BCUT2D eigenvalue weighted by molar-refractivity contribution is 7.89. The molecule has 8 heteroatoms. The first-order valence-electron chi connectivity index (χ1n) is 8.86. The van der Waals surface area contributed by atoms with E-state index in [1.54, 1.807) is 43.5 Å². The van der Waals surface area contributed by atoms with Gasteiger partial charge in [-0.3, -0.25) is 4.79 Å². The highest BCUT2D eigenvalue weighted by Crippen LogP contribution is 2.19. The van der Waals surface area contributed by atoms with Gasteiger partial charge in [-0.15, -0.1) is 0 Å². The van der Waals surface area contributed by atoms with Crippen molar-refractivity contribution in [1.82, 2.24) is 4.72 Å². The maximum atomic E-state index is 12.7. The molecule has 0 spiro atoms. The zero-order chi connectivity index (χ0) is 20.7. The Balaban J connectivity index is 2.17. The van der Waals surface area contributed by atoms with Gasteiger partial charge in [0, 0.05) is 5.69 Å². The van der Waals surface area contributed by atoms with Crippen molar-refractivity contribution < 1.29 is 22.7 Å². The van der Waals surface area contributed by atoms with Crippen LogP contribution in [0.5, 0.6) is 11.5 Å². The third-order valence-electron chi connectivity index (χ3n) is 4.05. The summed E-state index contributed by atoms with van der Waals surface area (Å²) in [5.41, 5.74) is 0.559. The van der Waals surface area contributed by atoms with Crippen LogP contribution in [0.15, 0.2) is 53.4 Å². The van der Waals surface area contributed by atoms with E-state index in [9.17, 15) is 13.2 Å². The van der Waals surface area contributed by atoms with Crippen LogP contribution in [0.25, 0.3) is 0 Å². The zero-order valence-corrected chi connectivity index (χ0v) is 17.2. The normalized spacial score (nSPS) is 12.5. The summed E-state index contributed by atoms with van der Waals surface area (Å²) in [6.45, 7) is 3.85. The molecule has 2 aromatic carbocycles. The minimum atomic E-state index is -3.86. The fourth-order valence-corrected chi connectivity index (χ4v) is 3.80. The number of carbonyl (C=O) groups excluding carboxylic acids is 1. The van der Waals surface area contributed by atoms with E-state index in [1.807, 2.05) is 13.8 Å². The van der Waals surface area contributed by atoms with E-state index < -0.39 is 22.0 Å². The quantitative estimate of drug-likeness (QED) is 0.668. The SMILES string of the molecule is COc1ccc(NC(=O)[C@H](CC(C)C)NS(=O)(=O)c2ccc(OC)cc2)cc1. The first kappa shape index (κ1) is 21.7. The Morgan fingerprint density at radius 2 is 1.43 bits per heavy atom. The first-order chi connectivity index (χ1) is 13.2. The lowest BCUT2D eigenvalue weighted by atomic mass is 10.0. The first-order valence-corrected chi connectivity index (χ1v) is 10.3. The Kier molecular flexibility index (Phi) is 7.42. The molecule has 0 fully saturated rings. The lowest BCUT2D eigenvalue weighted by Crippen LogP contribution is -2.44. The van der Waals surface area contributed by atoms with Crippen LogP contribution in [-0.2, 0) is 14.8 Å².